The Kier molecular flexibility index (Phi) is 4.75. The summed E-state index contributed by atoms with van der Waals surface area (Å²) in [6.45, 7) is 4.69. The van der Waals surface area contributed by atoms with Crippen LogP contribution in [0.3, 0.4) is 0 Å². The van der Waals surface area contributed by atoms with E-state index < -0.39 is 0 Å². The molecule has 0 bridgehead atoms. The van der Waals surface area contributed by atoms with E-state index in [-0.39, 0.29) is 17.9 Å². The van der Waals surface area contributed by atoms with Gasteiger partial charge in [-0.3, -0.25) is 14.5 Å². The molecule has 2 amide bonds. The van der Waals surface area contributed by atoms with Crippen LogP contribution < -0.4 is 0 Å². The van der Waals surface area contributed by atoms with Crippen LogP contribution in [-0.4, -0.2) is 65.3 Å². The first-order chi connectivity index (χ1) is 12.2. The second kappa shape index (κ2) is 7.16. The highest BCUT2D eigenvalue weighted by atomic mass is 16.2. The number of benzene rings is 1. The number of carbonyl (C=O) groups excluding carboxylic acids is 2. The maximum absolute atomic E-state index is 13.0. The Bertz CT molecular complexity index is 629. The largest absolute Gasteiger partial charge is 0.341 e. The molecule has 1 aromatic carbocycles. The van der Waals surface area contributed by atoms with Crippen molar-refractivity contribution in [3.63, 3.8) is 0 Å². The highest BCUT2D eigenvalue weighted by molar-refractivity contribution is 5.83. The number of hydrogen-bond acceptors (Lipinski definition) is 3. The fourth-order valence-corrected chi connectivity index (χ4v) is 4.00. The molecular weight excluding hydrogens is 314 g/mol. The molecule has 0 aromatic heterocycles. The highest BCUT2D eigenvalue weighted by Crippen LogP contribution is 2.33. The summed E-state index contributed by atoms with van der Waals surface area (Å²) in [4.78, 5) is 31.6. The number of nitrogens with zero attached hydrogens (tertiary/aromatic N) is 3. The van der Waals surface area contributed by atoms with Crippen LogP contribution in [-0.2, 0) is 16.1 Å². The Morgan fingerprint density at radius 2 is 1.72 bits per heavy atom. The van der Waals surface area contributed by atoms with Gasteiger partial charge in [-0.05, 0) is 30.7 Å². The molecule has 2 aliphatic heterocycles. The normalized spacial score (nSPS) is 24.8. The summed E-state index contributed by atoms with van der Waals surface area (Å²) in [6.07, 6.45) is 3.89. The molecule has 25 heavy (non-hydrogen) atoms. The summed E-state index contributed by atoms with van der Waals surface area (Å²) in [5.74, 6) is 1.14. The van der Waals surface area contributed by atoms with Gasteiger partial charge in [-0.15, -0.1) is 0 Å². The lowest BCUT2D eigenvalue weighted by Gasteiger charge is -2.39. The van der Waals surface area contributed by atoms with Gasteiger partial charge >= 0.3 is 0 Å². The minimum Gasteiger partial charge on any atom is -0.341 e. The lowest BCUT2D eigenvalue weighted by molar-refractivity contribution is -0.142. The molecule has 3 aliphatic rings. The molecule has 1 atom stereocenters. The Balaban J connectivity index is 1.37. The van der Waals surface area contributed by atoms with Gasteiger partial charge in [0, 0.05) is 45.7 Å². The predicted octanol–water partition coefficient (Wildman–Crippen LogP) is 1.73. The van der Waals surface area contributed by atoms with Crippen LogP contribution in [0.15, 0.2) is 30.3 Å². The molecule has 1 unspecified atom stereocenters. The molecule has 3 fully saturated rings. The molecule has 4 rings (SSSR count). The van der Waals surface area contributed by atoms with Gasteiger partial charge in [0.1, 0.15) is 0 Å². The van der Waals surface area contributed by atoms with Crippen LogP contribution in [0, 0.1) is 5.92 Å². The van der Waals surface area contributed by atoms with Gasteiger partial charge < -0.3 is 9.80 Å². The Hall–Kier alpha value is -1.88. The first-order valence-electron chi connectivity index (χ1n) is 9.55. The van der Waals surface area contributed by atoms with E-state index in [0.717, 1.165) is 39.1 Å². The number of carbonyl (C=O) groups is 2. The minimum atomic E-state index is -0.0591. The maximum Gasteiger partial charge on any atom is 0.240 e. The maximum atomic E-state index is 13.0. The average Bonchev–Trinajstić information content (AvgIpc) is 3.44. The van der Waals surface area contributed by atoms with E-state index >= 15 is 0 Å². The third-order valence-corrected chi connectivity index (χ3v) is 5.75. The number of fused-ring (bicyclic) bond motifs is 1. The van der Waals surface area contributed by atoms with Gasteiger partial charge in [-0.25, -0.2) is 0 Å². The standard InChI is InChI=1S/C20H27N3O2/c24-19(14-16-6-7-16)22-9-8-18-20(25)23(13-11-21(18)10-12-22)15-17-4-2-1-3-5-17/h1-5,16,18H,6-15H2. The summed E-state index contributed by atoms with van der Waals surface area (Å²) in [5.41, 5.74) is 1.18. The van der Waals surface area contributed by atoms with E-state index in [1.807, 2.05) is 28.0 Å². The highest BCUT2D eigenvalue weighted by Gasteiger charge is 2.37. The van der Waals surface area contributed by atoms with Gasteiger partial charge in [0.25, 0.3) is 0 Å². The zero-order valence-electron chi connectivity index (χ0n) is 14.8. The van der Waals surface area contributed by atoms with Gasteiger partial charge in [0.15, 0.2) is 0 Å². The molecule has 2 heterocycles. The van der Waals surface area contributed by atoms with E-state index in [4.69, 9.17) is 0 Å². The van der Waals surface area contributed by atoms with Crippen LogP contribution >= 0.6 is 0 Å². The lowest BCUT2D eigenvalue weighted by atomic mass is 10.1. The number of rotatable bonds is 4. The topological polar surface area (TPSA) is 43.9 Å². The van der Waals surface area contributed by atoms with Gasteiger partial charge in [-0.2, -0.15) is 0 Å². The van der Waals surface area contributed by atoms with E-state index in [2.05, 4.69) is 17.0 Å². The molecule has 2 saturated heterocycles. The first-order valence-corrected chi connectivity index (χ1v) is 9.55. The predicted molar refractivity (Wildman–Crippen MR) is 95.8 cm³/mol. The SMILES string of the molecule is O=C(CC1CC1)N1CCC2C(=O)N(Cc3ccccc3)CCN2CC1. The molecule has 0 N–H and O–H groups in total. The zero-order chi connectivity index (χ0) is 17.2. The van der Waals surface area contributed by atoms with Gasteiger partial charge in [-0.1, -0.05) is 30.3 Å². The first kappa shape index (κ1) is 16.6. The monoisotopic (exact) mass is 341 g/mol. The minimum absolute atomic E-state index is 0.0591. The van der Waals surface area contributed by atoms with Crippen molar-refractivity contribution in [1.29, 1.82) is 0 Å². The van der Waals surface area contributed by atoms with Crippen LogP contribution in [0.25, 0.3) is 0 Å². The molecule has 5 heteroatoms. The van der Waals surface area contributed by atoms with Crippen LogP contribution in [0.2, 0.25) is 0 Å². The van der Waals surface area contributed by atoms with E-state index in [1.54, 1.807) is 0 Å². The summed E-state index contributed by atoms with van der Waals surface area (Å²) < 4.78 is 0. The van der Waals surface area contributed by atoms with Crippen molar-refractivity contribution >= 4 is 11.8 Å². The van der Waals surface area contributed by atoms with Crippen molar-refractivity contribution in [1.82, 2.24) is 14.7 Å². The van der Waals surface area contributed by atoms with Crippen molar-refractivity contribution in [2.45, 2.75) is 38.3 Å². The molecule has 1 aromatic rings. The third-order valence-electron chi connectivity index (χ3n) is 5.75. The summed E-state index contributed by atoms with van der Waals surface area (Å²) in [6, 6.07) is 10.1. The second-order valence-corrected chi connectivity index (χ2v) is 7.61. The molecule has 0 spiro atoms. The molecular formula is C20H27N3O2. The molecule has 1 saturated carbocycles. The molecule has 5 nitrogen and oxygen atoms in total. The summed E-state index contributed by atoms with van der Waals surface area (Å²) >= 11 is 0. The van der Waals surface area contributed by atoms with Crippen molar-refractivity contribution in [3.8, 4) is 0 Å². The van der Waals surface area contributed by atoms with Crippen molar-refractivity contribution in [2.24, 2.45) is 5.92 Å². The quantitative estimate of drug-likeness (QED) is 0.838. The second-order valence-electron chi connectivity index (χ2n) is 7.61. The number of piperazine rings is 1. The van der Waals surface area contributed by atoms with Crippen LogP contribution in [0.1, 0.15) is 31.2 Å². The smallest absolute Gasteiger partial charge is 0.240 e. The molecule has 1 aliphatic carbocycles. The van der Waals surface area contributed by atoms with E-state index in [9.17, 15) is 9.59 Å². The van der Waals surface area contributed by atoms with Gasteiger partial charge in [0.2, 0.25) is 11.8 Å². The van der Waals surface area contributed by atoms with Crippen molar-refractivity contribution in [2.75, 3.05) is 32.7 Å². The Labute approximate surface area is 149 Å². The summed E-state index contributed by atoms with van der Waals surface area (Å²) in [7, 11) is 0. The van der Waals surface area contributed by atoms with Crippen LogP contribution in [0.5, 0.6) is 0 Å². The third kappa shape index (κ3) is 3.87. The lowest BCUT2D eigenvalue weighted by Crippen LogP contribution is -2.56. The molecule has 0 radical (unpaired) electrons. The molecule has 134 valence electrons. The van der Waals surface area contributed by atoms with E-state index in [1.165, 1.54) is 18.4 Å². The van der Waals surface area contributed by atoms with Crippen LogP contribution in [0.4, 0.5) is 0 Å². The zero-order valence-corrected chi connectivity index (χ0v) is 14.8. The number of hydrogen-bond donors (Lipinski definition) is 0. The van der Waals surface area contributed by atoms with Gasteiger partial charge in [0.05, 0.1) is 6.04 Å². The van der Waals surface area contributed by atoms with Crippen molar-refractivity contribution in [3.05, 3.63) is 35.9 Å². The fraction of sp³-hybridized carbons (Fsp3) is 0.600. The van der Waals surface area contributed by atoms with E-state index in [0.29, 0.717) is 18.9 Å². The average molecular weight is 341 g/mol. The Morgan fingerprint density at radius 3 is 2.48 bits per heavy atom. The van der Waals surface area contributed by atoms with Crippen molar-refractivity contribution < 1.29 is 9.59 Å². The fourth-order valence-electron chi connectivity index (χ4n) is 4.00. The number of amides is 2. The summed E-state index contributed by atoms with van der Waals surface area (Å²) in [5, 5.41) is 0. The Morgan fingerprint density at radius 1 is 0.960 bits per heavy atom.